The topological polar surface area (TPSA) is 90.0 Å². The van der Waals surface area contributed by atoms with E-state index in [2.05, 4.69) is 15.6 Å². The maximum absolute atomic E-state index is 12.3. The lowest BCUT2D eigenvalue weighted by molar-refractivity contribution is 0.0972. The molecule has 0 saturated heterocycles. The van der Waals surface area contributed by atoms with E-state index in [-0.39, 0.29) is 5.76 Å². The Labute approximate surface area is 123 Å². The summed E-state index contributed by atoms with van der Waals surface area (Å²) >= 11 is 5.86. The lowest BCUT2D eigenvalue weighted by atomic mass is 10.2. The predicted molar refractivity (Wildman–Crippen MR) is 75.9 cm³/mol. The number of halogens is 1. The summed E-state index contributed by atoms with van der Waals surface area (Å²) < 4.78 is 5.80. The van der Waals surface area contributed by atoms with Crippen molar-refractivity contribution in [1.29, 1.82) is 0 Å². The Bertz CT molecular complexity index is 900. The van der Waals surface area contributed by atoms with E-state index in [4.69, 9.17) is 16.1 Å². The van der Waals surface area contributed by atoms with Crippen LogP contribution in [0.3, 0.4) is 0 Å². The largest absolute Gasteiger partial charge is 0.351 e. The third-order valence-corrected chi connectivity index (χ3v) is 3.03. The Hall–Kier alpha value is -2.67. The number of carbonyl (C=O) groups is 1. The Morgan fingerprint density at radius 3 is 2.90 bits per heavy atom. The van der Waals surface area contributed by atoms with Crippen molar-refractivity contribution in [2.75, 3.05) is 5.43 Å². The van der Waals surface area contributed by atoms with E-state index >= 15 is 0 Å². The van der Waals surface area contributed by atoms with Gasteiger partial charge in [0.05, 0.1) is 16.6 Å². The molecule has 0 aliphatic heterocycles. The van der Waals surface area contributed by atoms with Gasteiger partial charge in [-0.3, -0.25) is 15.0 Å². The highest BCUT2D eigenvalue weighted by Gasteiger charge is 2.13. The molecule has 0 unspecified atom stereocenters. The Balaban J connectivity index is 1.99. The number of amides is 1. The van der Waals surface area contributed by atoms with Gasteiger partial charge < -0.3 is 4.52 Å². The van der Waals surface area contributed by atoms with Gasteiger partial charge >= 0.3 is 5.91 Å². The first-order valence-electron chi connectivity index (χ1n) is 5.96. The molecular weight excluding hydrogens is 296 g/mol. The third kappa shape index (κ3) is 2.50. The molecule has 0 radical (unpaired) electrons. The molecule has 7 nitrogen and oxygen atoms in total. The summed E-state index contributed by atoms with van der Waals surface area (Å²) in [6.07, 6.45) is 1.22. The Morgan fingerprint density at radius 2 is 2.19 bits per heavy atom. The van der Waals surface area contributed by atoms with Gasteiger partial charge in [-0.1, -0.05) is 16.8 Å². The van der Waals surface area contributed by atoms with Crippen LogP contribution in [0.25, 0.3) is 10.9 Å². The average Bonchev–Trinajstić information content (AvgIpc) is 2.89. The number of nitrogens with one attached hydrogen (secondary N) is 1. The van der Waals surface area contributed by atoms with E-state index < -0.39 is 11.5 Å². The predicted octanol–water partition coefficient (Wildman–Crippen LogP) is 1.73. The average molecular weight is 305 g/mol. The van der Waals surface area contributed by atoms with E-state index in [9.17, 15) is 9.59 Å². The molecule has 106 valence electrons. The minimum atomic E-state index is -0.596. The van der Waals surface area contributed by atoms with Crippen molar-refractivity contribution < 1.29 is 9.32 Å². The zero-order chi connectivity index (χ0) is 15.0. The third-order valence-electron chi connectivity index (χ3n) is 2.79. The molecule has 0 atom stereocenters. The highest BCUT2D eigenvalue weighted by molar-refractivity contribution is 6.31. The maximum atomic E-state index is 12.3. The van der Waals surface area contributed by atoms with E-state index in [0.29, 0.717) is 21.6 Å². The summed E-state index contributed by atoms with van der Waals surface area (Å²) in [5.41, 5.74) is 3.00. The van der Waals surface area contributed by atoms with Gasteiger partial charge in [-0.25, -0.2) is 9.66 Å². The van der Waals surface area contributed by atoms with Crippen LogP contribution in [0.1, 0.15) is 16.2 Å². The number of hydrogen-bond acceptors (Lipinski definition) is 5. The van der Waals surface area contributed by atoms with Gasteiger partial charge in [0, 0.05) is 11.1 Å². The normalized spacial score (nSPS) is 10.8. The number of rotatable bonds is 2. The van der Waals surface area contributed by atoms with Gasteiger partial charge in [0.15, 0.2) is 0 Å². The van der Waals surface area contributed by atoms with E-state index in [0.717, 1.165) is 4.68 Å². The van der Waals surface area contributed by atoms with E-state index in [1.54, 1.807) is 19.1 Å². The first-order valence-corrected chi connectivity index (χ1v) is 6.34. The second-order valence-electron chi connectivity index (χ2n) is 4.35. The number of aromatic nitrogens is 3. The van der Waals surface area contributed by atoms with Crippen LogP contribution in [0.15, 0.2) is 39.9 Å². The summed E-state index contributed by atoms with van der Waals surface area (Å²) in [7, 11) is 0. The van der Waals surface area contributed by atoms with Gasteiger partial charge in [0.25, 0.3) is 5.56 Å². The lowest BCUT2D eigenvalue weighted by Gasteiger charge is -2.06. The number of benzene rings is 1. The molecule has 1 aromatic carbocycles. The van der Waals surface area contributed by atoms with Gasteiger partial charge in [0.2, 0.25) is 5.76 Å². The van der Waals surface area contributed by atoms with Crippen LogP contribution >= 0.6 is 11.6 Å². The second kappa shape index (κ2) is 5.02. The van der Waals surface area contributed by atoms with Crippen LogP contribution in [-0.4, -0.2) is 20.7 Å². The van der Waals surface area contributed by atoms with Gasteiger partial charge in [-0.15, -0.1) is 0 Å². The van der Waals surface area contributed by atoms with Crippen LogP contribution in [0.5, 0.6) is 0 Å². The number of hydrogen-bond donors (Lipinski definition) is 1. The number of nitrogens with zero attached hydrogens (tertiary/aromatic N) is 3. The van der Waals surface area contributed by atoms with E-state index in [1.807, 2.05) is 0 Å². The van der Waals surface area contributed by atoms with Crippen molar-refractivity contribution in [3.63, 3.8) is 0 Å². The Kier molecular flexibility index (Phi) is 3.19. The molecule has 0 fully saturated rings. The van der Waals surface area contributed by atoms with Crippen molar-refractivity contribution in [1.82, 2.24) is 14.8 Å². The molecule has 2 heterocycles. The van der Waals surface area contributed by atoms with Crippen LogP contribution in [-0.2, 0) is 0 Å². The van der Waals surface area contributed by atoms with Gasteiger partial charge in [-0.2, -0.15) is 0 Å². The second-order valence-corrected chi connectivity index (χ2v) is 4.79. The maximum Gasteiger partial charge on any atom is 0.308 e. The molecule has 0 spiro atoms. The molecule has 0 aliphatic carbocycles. The van der Waals surface area contributed by atoms with Gasteiger partial charge in [0.1, 0.15) is 6.33 Å². The number of fused-ring (bicyclic) bond motifs is 1. The first kappa shape index (κ1) is 13.3. The first-order chi connectivity index (χ1) is 10.0. The standard InChI is InChI=1S/C13H9ClN4O3/c1-7-4-11(21-17-7)12(19)16-18-6-15-10-3-2-8(14)5-9(10)13(18)20/h2-6H,1H3,(H,16,19). The summed E-state index contributed by atoms with van der Waals surface area (Å²) in [5.74, 6) is -0.591. The van der Waals surface area contributed by atoms with Crippen molar-refractivity contribution in [3.8, 4) is 0 Å². The molecule has 2 aromatic heterocycles. The highest BCUT2D eigenvalue weighted by Crippen LogP contribution is 2.13. The molecule has 3 rings (SSSR count). The van der Waals surface area contributed by atoms with Crippen molar-refractivity contribution in [2.45, 2.75) is 6.92 Å². The Morgan fingerprint density at radius 1 is 1.38 bits per heavy atom. The van der Waals surface area contributed by atoms with Crippen molar-refractivity contribution in [2.24, 2.45) is 0 Å². The fraction of sp³-hybridized carbons (Fsp3) is 0.0769. The molecule has 0 aliphatic rings. The minimum Gasteiger partial charge on any atom is -0.351 e. The SMILES string of the molecule is Cc1cc(C(=O)Nn2cnc3ccc(Cl)cc3c2=O)on1. The molecule has 8 heteroatoms. The number of carbonyl (C=O) groups excluding carboxylic acids is 1. The fourth-order valence-electron chi connectivity index (χ4n) is 1.81. The van der Waals surface area contributed by atoms with E-state index in [1.165, 1.54) is 18.5 Å². The molecule has 3 aromatic rings. The molecular formula is C13H9ClN4O3. The van der Waals surface area contributed by atoms with Gasteiger partial charge in [-0.05, 0) is 25.1 Å². The van der Waals surface area contributed by atoms with Crippen LogP contribution < -0.4 is 11.0 Å². The molecule has 1 N–H and O–H groups in total. The summed E-state index contributed by atoms with van der Waals surface area (Å²) in [4.78, 5) is 28.3. The zero-order valence-corrected chi connectivity index (χ0v) is 11.6. The van der Waals surface area contributed by atoms with Crippen molar-refractivity contribution >= 4 is 28.4 Å². The van der Waals surface area contributed by atoms with Crippen molar-refractivity contribution in [3.05, 3.63) is 57.4 Å². The molecule has 0 bridgehead atoms. The zero-order valence-electron chi connectivity index (χ0n) is 10.8. The minimum absolute atomic E-state index is 0.00518. The molecule has 21 heavy (non-hydrogen) atoms. The van der Waals surface area contributed by atoms with Crippen LogP contribution in [0, 0.1) is 6.92 Å². The summed E-state index contributed by atoms with van der Waals surface area (Å²) in [5, 5.41) is 4.32. The highest BCUT2D eigenvalue weighted by atomic mass is 35.5. The van der Waals surface area contributed by atoms with Crippen LogP contribution in [0.4, 0.5) is 0 Å². The quantitative estimate of drug-likeness (QED) is 0.778. The fourth-order valence-corrected chi connectivity index (χ4v) is 1.98. The summed E-state index contributed by atoms with van der Waals surface area (Å²) in [6, 6.07) is 6.22. The molecule has 1 amide bonds. The monoisotopic (exact) mass is 304 g/mol. The summed E-state index contributed by atoms with van der Waals surface area (Å²) in [6.45, 7) is 1.69. The number of aryl methyl sites for hydroxylation is 1. The van der Waals surface area contributed by atoms with Crippen LogP contribution in [0.2, 0.25) is 5.02 Å². The smallest absolute Gasteiger partial charge is 0.308 e. The molecule has 0 saturated carbocycles. The lowest BCUT2D eigenvalue weighted by Crippen LogP contribution is -2.33.